The first-order chi connectivity index (χ1) is 9.16. The average Bonchev–Trinajstić information content (AvgIpc) is 2.86. The minimum Gasteiger partial charge on any atom is -0.364 e. The molecule has 6 heteroatoms. The van der Waals surface area contributed by atoms with Crippen LogP contribution in [0.4, 0.5) is 5.82 Å². The second-order valence-corrected chi connectivity index (χ2v) is 4.82. The molecular formula is C13H19N5O. The van der Waals surface area contributed by atoms with E-state index < -0.39 is 0 Å². The first kappa shape index (κ1) is 13.3. The van der Waals surface area contributed by atoms with E-state index in [1.54, 1.807) is 23.2 Å². The number of aromatic nitrogens is 4. The van der Waals surface area contributed by atoms with Gasteiger partial charge >= 0.3 is 0 Å². The normalized spacial score (nSPS) is 10.9. The molecule has 2 heterocycles. The number of hydrogen-bond acceptors (Lipinski definition) is 4. The van der Waals surface area contributed by atoms with E-state index in [4.69, 9.17) is 0 Å². The Labute approximate surface area is 112 Å². The summed E-state index contributed by atoms with van der Waals surface area (Å²) in [5, 5.41) is 7.16. The fourth-order valence-corrected chi connectivity index (χ4v) is 1.83. The minimum atomic E-state index is -0.0725. The fourth-order valence-electron chi connectivity index (χ4n) is 1.83. The highest BCUT2D eigenvalue weighted by Gasteiger charge is 2.05. The summed E-state index contributed by atoms with van der Waals surface area (Å²) in [6, 6.07) is 1.87. The van der Waals surface area contributed by atoms with Gasteiger partial charge in [-0.1, -0.05) is 13.8 Å². The quantitative estimate of drug-likeness (QED) is 0.849. The van der Waals surface area contributed by atoms with Gasteiger partial charge in [-0.15, -0.1) is 0 Å². The van der Waals surface area contributed by atoms with E-state index in [0.717, 1.165) is 0 Å². The van der Waals surface area contributed by atoms with Gasteiger partial charge in [0.1, 0.15) is 0 Å². The Kier molecular flexibility index (Phi) is 4.33. The molecular weight excluding hydrogens is 242 g/mol. The van der Waals surface area contributed by atoms with Crippen LogP contribution >= 0.6 is 0 Å². The monoisotopic (exact) mass is 261 g/mol. The molecule has 0 aromatic carbocycles. The van der Waals surface area contributed by atoms with Crippen molar-refractivity contribution in [1.29, 1.82) is 0 Å². The van der Waals surface area contributed by atoms with Crippen molar-refractivity contribution >= 4 is 5.82 Å². The van der Waals surface area contributed by atoms with Gasteiger partial charge in [0.15, 0.2) is 5.82 Å². The van der Waals surface area contributed by atoms with Crippen molar-refractivity contribution < 1.29 is 0 Å². The van der Waals surface area contributed by atoms with Crippen LogP contribution in [0.5, 0.6) is 0 Å². The van der Waals surface area contributed by atoms with Gasteiger partial charge in [-0.05, 0) is 12.0 Å². The lowest BCUT2D eigenvalue weighted by Crippen LogP contribution is -2.27. The Morgan fingerprint density at radius 3 is 2.84 bits per heavy atom. The van der Waals surface area contributed by atoms with Crippen molar-refractivity contribution in [2.24, 2.45) is 5.92 Å². The topological polar surface area (TPSA) is 64.7 Å². The molecule has 2 rings (SSSR count). The summed E-state index contributed by atoms with van der Waals surface area (Å²) in [6.07, 6.45) is 6.99. The van der Waals surface area contributed by atoms with Crippen LogP contribution in [-0.4, -0.2) is 25.9 Å². The zero-order chi connectivity index (χ0) is 13.7. The van der Waals surface area contributed by atoms with Crippen molar-refractivity contribution in [2.45, 2.75) is 26.9 Å². The Balaban J connectivity index is 1.98. The molecule has 2 aromatic heterocycles. The molecule has 0 aliphatic heterocycles. The molecule has 2 aromatic rings. The van der Waals surface area contributed by atoms with Crippen molar-refractivity contribution in [3.63, 3.8) is 0 Å². The van der Waals surface area contributed by atoms with Crippen LogP contribution in [0, 0.1) is 5.92 Å². The van der Waals surface area contributed by atoms with Gasteiger partial charge in [-0.3, -0.25) is 9.48 Å². The molecule has 0 fully saturated rings. The van der Waals surface area contributed by atoms with Gasteiger partial charge in [0, 0.05) is 37.9 Å². The summed E-state index contributed by atoms with van der Waals surface area (Å²) in [5.74, 6) is 0.826. The van der Waals surface area contributed by atoms with E-state index in [1.165, 1.54) is 0 Å². The van der Waals surface area contributed by atoms with Crippen LogP contribution in [0.1, 0.15) is 13.8 Å². The molecule has 6 nitrogen and oxygen atoms in total. The third kappa shape index (κ3) is 3.67. The average molecular weight is 261 g/mol. The SMILES string of the molecule is CC(C)Cn1ccnc(NCCn2cccn2)c1=O. The molecule has 19 heavy (non-hydrogen) atoms. The van der Waals surface area contributed by atoms with Crippen LogP contribution in [-0.2, 0) is 13.1 Å². The van der Waals surface area contributed by atoms with Crippen LogP contribution in [0.2, 0.25) is 0 Å². The predicted molar refractivity (Wildman–Crippen MR) is 74.1 cm³/mol. The van der Waals surface area contributed by atoms with Crippen LogP contribution in [0.25, 0.3) is 0 Å². The third-order valence-electron chi connectivity index (χ3n) is 2.67. The minimum absolute atomic E-state index is 0.0725. The van der Waals surface area contributed by atoms with E-state index in [9.17, 15) is 4.79 Å². The summed E-state index contributed by atoms with van der Waals surface area (Å²) in [6.45, 7) is 6.19. The van der Waals surface area contributed by atoms with Crippen molar-refractivity contribution in [1.82, 2.24) is 19.3 Å². The number of hydrogen-bond donors (Lipinski definition) is 1. The van der Waals surface area contributed by atoms with E-state index in [1.807, 2.05) is 16.9 Å². The molecule has 0 bridgehead atoms. The molecule has 1 N–H and O–H groups in total. The maximum atomic E-state index is 12.1. The summed E-state index contributed by atoms with van der Waals surface area (Å²) >= 11 is 0. The third-order valence-corrected chi connectivity index (χ3v) is 2.67. The maximum absolute atomic E-state index is 12.1. The first-order valence-corrected chi connectivity index (χ1v) is 6.43. The lowest BCUT2D eigenvalue weighted by atomic mass is 10.2. The van der Waals surface area contributed by atoms with Gasteiger partial charge in [0.25, 0.3) is 5.56 Å². The van der Waals surface area contributed by atoms with E-state index in [0.29, 0.717) is 31.4 Å². The van der Waals surface area contributed by atoms with Gasteiger partial charge in [-0.2, -0.15) is 5.10 Å². The van der Waals surface area contributed by atoms with Crippen molar-refractivity contribution in [3.05, 3.63) is 41.2 Å². The van der Waals surface area contributed by atoms with E-state index in [-0.39, 0.29) is 5.56 Å². The van der Waals surface area contributed by atoms with Gasteiger partial charge in [0.05, 0.1) is 6.54 Å². The molecule has 0 unspecified atom stereocenters. The lowest BCUT2D eigenvalue weighted by Gasteiger charge is -2.10. The largest absolute Gasteiger partial charge is 0.364 e. The van der Waals surface area contributed by atoms with Crippen LogP contribution < -0.4 is 10.9 Å². The molecule has 0 spiro atoms. The molecule has 0 aliphatic rings. The second-order valence-electron chi connectivity index (χ2n) is 4.82. The lowest BCUT2D eigenvalue weighted by molar-refractivity contribution is 0.509. The molecule has 0 radical (unpaired) electrons. The summed E-state index contributed by atoms with van der Waals surface area (Å²) < 4.78 is 3.50. The highest BCUT2D eigenvalue weighted by atomic mass is 16.1. The maximum Gasteiger partial charge on any atom is 0.293 e. The molecule has 0 atom stereocenters. The van der Waals surface area contributed by atoms with Crippen molar-refractivity contribution in [2.75, 3.05) is 11.9 Å². The standard InChI is InChI=1S/C13H19N5O/c1-11(2)10-17-8-5-14-12(13(17)19)15-6-9-18-7-3-4-16-18/h3-5,7-8,11H,6,9-10H2,1-2H3,(H,14,15). The van der Waals surface area contributed by atoms with Crippen molar-refractivity contribution in [3.8, 4) is 0 Å². The Morgan fingerprint density at radius 1 is 1.32 bits per heavy atom. The number of nitrogens with zero attached hydrogens (tertiary/aromatic N) is 4. The van der Waals surface area contributed by atoms with Crippen LogP contribution in [0.3, 0.4) is 0 Å². The second kappa shape index (κ2) is 6.17. The summed E-state index contributed by atoms with van der Waals surface area (Å²) in [7, 11) is 0. The first-order valence-electron chi connectivity index (χ1n) is 6.43. The molecule has 0 amide bonds. The van der Waals surface area contributed by atoms with Gasteiger partial charge in [0.2, 0.25) is 0 Å². The zero-order valence-electron chi connectivity index (χ0n) is 11.3. The smallest absolute Gasteiger partial charge is 0.293 e. The van der Waals surface area contributed by atoms with Gasteiger partial charge < -0.3 is 9.88 Å². The fraction of sp³-hybridized carbons (Fsp3) is 0.462. The highest BCUT2D eigenvalue weighted by molar-refractivity contribution is 5.30. The Bertz CT molecular complexity index is 559. The summed E-state index contributed by atoms with van der Waals surface area (Å²) in [5.41, 5.74) is -0.0725. The number of anilines is 1. The molecule has 0 saturated heterocycles. The van der Waals surface area contributed by atoms with Gasteiger partial charge in [-0.25, -0.2) is 4.98 Å². The Hall–Kier alpha value is -2.11. The summed E-state index contributed by atoms with van der Waals surface area (Å²) in [4.78, 5) is 16.2. The molecule has 0 aliphatic carbocycles. The zero-order valence-corrected chi connectivity index (χ0v) is 11.3. The van der Waals surface area contributed by atoms with Crippen LogP contribution in [0.15, 0.2) is 35.6 Å². The molecule has 0 saturated carbocycles. The number of rotatable bonds is 6. The highest BCUT2D eigenvalue weighted by Crippen LogP contribution is 1.98. The molecule has 102 valence electrons. The number of nitrogens with one attached hydrogen (secondary N) is 1. The van der Waals surface area contributed by atoms with E-state index >= 15 is 0 Å². The predicted octanol–water partition coefficient (Wildman–Crippen LogP) is 1.21. The van der Waals surface area contributed by atoms with E-state index in [2.05, 4.69) is 29.2 Å². The Morgan fingerprint density at radius 2 is 2.16 bits per heavy atom.